The van der Waals surface area contributed by atoms with E-state index in [1.165, 1.54) is 11.1 Å². The predicted octanol–water partition coefficient (Wildman–Crippen LogP) is 1.63. The van der Waals surface area contributed by atoms with Crippen LogP contribution in [0, 0.1) is 0 Å². The lowest BCUT2D eigenvalue weighted by Gasteiger charge is -2.25. The SMILES string of the molecule is CCCOCCCNC(=O)[C@H]1Cc2ccccc2CN1. The molecule has 0 fully saturated rings. The van der Waals surface area contributed by atoms with Gasteiger partial charge in [0.25, 0.3) is 0 Å². The lowest BCUT2D eigenvalue weighted by Crippen LogP contribution is -2.47. The summed E-state index contributed by atoms with van der Waals surface area (Å²) in [6.45, 7) is 5.06. The summed E-state index contributed by atoms with van der Waals surface area (Å²) in [5, 5.41) is 6.27. The maximum atomic E-state index is 12.1. The molecule has 2 rings (SSSR count). The van der Waals surface area contributed by atoms with Crippen molar-refractivity contribution in [3.05, 3.63) is 35.4 Å². The van der Waals surface area contributed by atoms with Crippen molar-refractivity contribution in [1.82, 2.24) is 10.6 Å². The van der Waals surface area contributed by atoms with Crippen LogP contribution in [0.4, 0.5) is 0 Å². The van der Waals surface area contributed by atoms with Crippen molar-refractivity contribution in [2.24, 2.45) is 0 Å². The number of ether oxygens (including phenoxy) is 1. The van der Waals surface area contributed by atoms with Gasteiger partial charge < -0.3 is 15.4 Å². The summed E-state index contributed by atoms with van der Waals surface area (Å²) in [6, 6.07) is 8.18. The lowest BCUT2D eigenvalue weighted by atomic mass is 9.95. The molecule has 1 atom stereocenters. The standard InChI is InChI=1S/C16H24N2O2/c1-2-9-20-10-5-8-17-16(19)15-11-13-6-3-4-7-14(13)12-18-15/h3-4,6-7,15,18H,2,5,8-12H2,1H3,(H,17,19)/t15-/m1/s1. The van der Waals surface area contributed by atoms with Crippen LogP contribution in [0.5, 0.6) is 0 Å². The number of fused-ring (bicyclic) bond motifs is 1. The highest BCUT2D eigenvalue weighted by Gasteiger charge is 2.23. The topological polar surface area (TPSA) is 50.4 Å². The predicted molar refractivity (Wildman–Crippen MR) is 79.5 cm³/mol. The molecule has 20 heavy (non-hydrogen) atoms. The van der Waals surface area contributed by atoms with E-state index in [9.17, 15) is 4.79 Å². The van der Waals surface area contributed by atoms with Gasteiger partial charge in [-0.2, -0.15) is 0 Å². The smallest absolute Gasteiger partial charge is 0.237 e. The molecule has 110 valence electrons. The highest BCUT2D eigenvalue weighted by Crippen LogP contribution is 2.16. The number of rotatable bonds is 7. The normalized spacial score (nSPS) is 17.6. The van der Waals surface area contributed by atoms with Crippen molar-refractivity contribution < 1.29 is 9.53 Å². The molecule has 4 nitrogen and oxygen atoms in total. The van der Waals surface area contributed by atoms with Crippen molar-refractivity contribution in [1.29, 1.82) is 0 Å². The molecule has 0 radical (unpaired) electrons. The minimum atomic E-state index is -0.110. The van der Waals surface area contributed by atoms with Crippen LogP contribution in [0.25, 0.3) is 0 Å². The van der Waals surface area contributed by atoms with Gasteiger partial charge in [-0.25, -0.2) is 0 Å². The van der Waals surface area contributed by atoms with Crippen LogP contribution in [0.15, 0.2) is 24.3 Å². The zero-order valence-corrected chi connectivity index (χ0v) is 12.2. The Balaban J connectivity index is 1.69. The van der Waals surface area contributed by atoms with Gasteiger partial charge in [0.1, 0.15) is 0 Å². The van der Waals surface area contributed by atoms with Gasteiger partial charge in [0, 0.05) is 26.3 Å². The summed E-state index contributed by atoms with van der Waals surface area (Å²) in [7, 11) is 0. The Morgan fingerprint density at radius 3 is 2.95 bits per heavy atom. The molecule has 1 aliphatic rings. The largest absolute Gasteiger partial charge is 0.381 e. The Morgan fingerprint density at radius 2 is 2.15 bits per heavy atom. The summed E-state index contributed by atoms with van der Waals surface area (Å²) in [4.78, 5) is 12.1. The fraction of sp³-hybridized carbons (Fsp3) is 0.562. The van der Waals surface area contributed by atoms with Crippen LogP contribution in [0.1, 0.15) is 30.9 Å². The summed E-state index contributed by atoms with van der Waals surface area (Å²) in [5.74, 6) is 0.0926. The molecule has 1 heterocycles. The summed E-state index contributed by atoms with van der Waals surface area (Å²) < 4.78 is 5.39. The maximum Gasteiger partial charge on any atom is 0.237 e. The van der Waals surface area contributed by atoms with E-state index >= 15 is 0 Å². The molecule has 4 heteroatoms. The summed E-state index contributed by atoms with van der Waals surface area (Å²) in [5.41, 5.74) is 2.57. The highest BCUT2D eigenvalue weighted by molar-refractivity contribution is 5.82. The Morgan fingerprint density at radius 1 is 1.35 bits per heavy atom. The summed E-state index contributed by atoms with van der Waals surface area (Å²) in [6.07, 6.45) is 2.68. The molecule has 0 saturated heterocycles. The number of hydrogen-bond donors (Lipinski definition) is 2. The molecule has 0 unspecified atom stereocenters. The molecule has 0 spiro atoms. The number of carbonyl (C=O) groups is 1. The Hall–Kier alpha value is -1.39. The first-order valence-electron chi connectivity index (χ1n) is 7.47. The van der Waals surface area contributed by atoms with Gasteiger partial charge in [-0.15, -0.1) is 0 Å². The second-order valence-electron chi connectivity index (χ2n) is 5.16. The molecule has 0 saturated carbocycles. The van der Waals surface area contributed by atoms with E-state index in [1.54, 1.807) is 0 Å². The van der Waals surface area contributed by atoms with E-state index in [0.29, 0.717) is 6.54 Å². The van der Waals surface area contributed by atoms with Crippen LogP contribution in [-0.4, -0.2) is 31.7 Å². The molecule has 1 aliphatic heterocycles. The minimum Gasteiger partial charge on any atom is -0.381 e. The minimum absolute atomic E-state index is 0.0926. The Labute approximate surface area is 120 Å². The third kappa shape index (κ3) is 4.32. The van der Waals surface area contributed by atoms with Gasteiger partial charge in [0.15, 0.2) is 0 Å². The van der Waals surface area contributed by atoms with Gasteiger partial charge in [-0.05, 0) is 30.4 Å². The fourth-order valence-electron chi connectivity index (χ4n) is 2.40. The monoisotopic (exact) mass is 276 g/mol. The average Bonchev–Trinajstić information content (AvgIpc) is 2.50. The molecule has 0 bridgehead atoms. The Kier molecular flexibility index (Phi) is 6.02. The number of amides is 1. The van der Waals surface area contributed by atoms with Crippen molar-refractivity contribution in [2.75, 3.05) is 19.8 Å². The van der Waals surface area contributed by atoms with E-state index in [2.05, 4.69) is 29.7 Å². The van der Waals surface area contributed by atoms with Crippen molar-refractivity contribution in [3.63, 3.8) is 0 Å². The molecule has 0 aliphatic carbocycles. The van der Waals surface area contributed by atoms with Gasteiger partial charge in [-0.1, -0.05) is 31.2 Å². The molecule has 1 aromatic carbocycles. The Bertz CT molecular complexity index is 434. The quantitative estimate of drug-likeness (QED) is 0.744. The lowest BCUT2D eigenvalue weighted by molar-refractivity contribution is -0.123. The highest BCUT2D eigenvalue weighted by atomic mass is 16.5. The van der Waals surface area contributed by atoms with E-state index in [1.807, 2.05) is 12.1 Å². The molecular weight excluding hydrogens is 252 g/mol. The first kappa shape index (κ1) is 15.0. The first-order valence-corrected chi connectivity index (χ1v) is 7.47. The van der Waals surface area contributed by atoms with Gasteiger partial charge in [-0.3, -0.25) is 4.79 Å². The molecule has 1 aromatic rings. The van der Waals surface area contributed by atoms with Crippen LogP contribution >= 0.6 is 0 Å². The zero-order chi connectivity index (χ0) is 14.2. The number of carbonyl (C=O) groups excluding carboxylic acids is 1. The van der Waals surface area contributed by atoms with Crippen molar-refractivity contribution in [2.45, 2.75) is 38.8 Å². The third-order valence-electron chi connectivity index (χ3n) is 3.51. The molecular formula is C16H24N2O2. The first-order chi connectivity index (χ1) is 9.81. The number of hydrogen-bond acceptors (Lipinski definition) is 3. The second-order valence-corrected chi connectivity index (χ2v) is 5.16. The van der Waals surface area contributed by atoms with E-state index in [4.69, 9.17) is 4.74 Å². The zero-order valence-electron chi connectivity index (χ0n) is 12.2. The maximum absolute atomic E-state index is 12.1. The number of nitrogens with one attached hydrogen (secondary N) is 2. The van der Waals surface area contributed by atoms with Gasteiger partial charge >= 0.3 is 0 Å². The van der Waals surface area contributed by atoms with Crippen LogP contribution in [-0.2, 0) is 22.5 Å². The van der Waals surface area contributed by atoms with Crippen molar-refractivity contribution in [3.8, 4) is 0 Å². The second kappa shape index (κ2) is 8.02. The number of benzene rings is 1. The molecule has 2 N–H and O–H groups in total. The fourth-order valence-corrected chi connectivity index (χ4v) is 2.40. The molecule has 0 aromatic heterocycles. The average molecular weight is 276 g/mol. The van der Waals surface area contributed by atoms with Crippen LogP contribution in [0.2, 0.25) is 0 Å². The van der Waals surface area contributed by atoms with E-state index in [-0.39, 0.29) is 11.9 Å². The summed E-state index contributed by atoms with van der Waals surface area (Å²) >= 11 is 0. The van der Waals surface area contributed by atoms with Crippen LogP contribution < -0.4 is 10.6 Å². The van der Waals surface area contributed by atoms with E-state index < -0.39 is 0 Å². The van der Waals surface area contributed by atoms with Crippen LogP contribution in [0.3, 0.4) is 0 Å². The van der Waals surface area contributed by atoms with Gasteiger partial charge in [0.05, 0.1) is 6.04 Å². The van der Waals surface area contributed by atoms with E-state index in [0.717, 1.165) is 39.0 Å². The van der Waals surface area contributed by atoms with Gasteiger partial charge in [0.2, 0.25) is 5.91 Å². The molecule has 1 amide bonds. The van der Waals surface area contributed by atoms with Crippen molar-refractivity contribution >= 4 is 5.91 Å². The third-order valence-corrected chi connectivity index (χ3v) is 3.51.